The highest BCUT2D eigenvalue weighted by molar-refractivity contribution is 5.83. The molecule has 0 spiro atoms. The fourth-order valence-electron chi connectivity index (χ4n) is 3.26. The summed E-state index contributed by atoms with van der Waals surface area (Å²) in [5, 5.41) is 0. The molecule has 0 bridgehead atoms. The lowest BCUT2D eigenvalue weighted by Crippen LogP contribution is -2.35. The second kappa shape index (κ2) is 8.04. The molecule has 0 aliphatic heterocycles. The molecule has 3 rings (SSSR count). The molecule has 2 N–H and O–H groups in total. The Bertz CT molecular complexity index is 776. The molecule has 0 heterocycles. The van der Waals surface area contributed by atoms with Crippen LogP contribution in [0.2, 0.25) is 0 Å². The Hall–Kier alpha value is -2.82. The van der Waals surface area contributed by atoms with E-state index in [1.54, 1.807) is 12.0 Å². The Morgan fingerprint density at radius 2 is 1.92 bits per heavy atom. The summed E-state index contributed by atoms with van der Waals surface area (Å²) in [6, 6.07) is 17.7. The third-order valence-corrected chi connectivity index (χ3v) is 4.79. The van der Waals surface area contributed by atoms with Gasteiger partial charge in [-0.25, -0.2) is 0 Å². The number of hydrogen-bond acceptors (Lipinski definition) is 3. The van der Waals surface area contributed by atoms with Gasteiger partial charge in [0.05, 0.1) is 7.11 Å². The van der Waals surface area contributed by atoms with Crippen LogP contribution in [0, 0.1) is 5.92 Å². The van der Waals surface area contributed by atoms with Crippen LogP contribution in [0.15, 0.2) is 54.6 Å². The molecule has 2 aromatic rings. The van der Waals surface area contributed by atoms with Crippen LogP contribution in [0.25, 0.3) is 0 Å². The van der Waals surface area contributed by atoms with Gasteiger partial charge < -0.3 is 15.4 Å². The lowest BCUT2D eigenvalue weighted by Gasteiger charge is -2.22. The molecule has 0 radical (unpaired) electrons. The maximum Gasteiger partial charge on any atom is 0.226 e. The predicted molar refractivity (Wildman–Crippen MR) is 99.5 cm³/mol. The van der Waals surface area contributed by atoms with Crippen LogP contribution in [-0.4, -0.2) is 30.4 Å². The second-order valence-electron chi connectivity index (χ2n) is 6.69. The minimum atomic E-state index is -0.393. The van der Waals surface area contributed by atoms with Crippen molar-refractivity contribution in [2.75, 3.05) is 13.7 Å². The summed E-state index contributed by atoms with van der Waals surface area (Å²) >= 11 is 0. The third-order valence-electron chi connectivity index (χ3n) is 4.79. The van der Waals surface area contributed by atoms with Crippen molar-refractivity contribution in [1.29, 1.82) is 0 Å². The minimum absolute atomic E-state index is 0.0429. The predicted octanol–water partition coefficient (Wildman–Crippen LogP) is 2.70. The Balaban J connectivity index is 1.70. The normalized spacial score (nSPS) is 18.2. The van der Waals surface area contributed by atoms with Gasteiger partial charge in [-0.05, 0) is 35.6 Å². The molecule has 1 saturated carbocycles. The van der Waals surface area contributed by atoms with Crippen molar-refractivity contribution in [1.82, 2.24) is 4.90 Å². The maximum atomic E-state index is 13.0. The van der Waals surface area contributed by atoms with E-state index in [0.717, 1.165) is 23.3 Å². The number of ether oxygens (including phenoxy) is 1. The van der Waals surface area contributed by atoms with E-state index in [4.69, 9.17) is 10.5 Å². The number of nitrogens with zero attached hydrogens (tertiary/aromatic N) is 1. The topological polar surface area (TPSA) is 72.6 Å². The van der Waals surface area contributed by atoms with E-state index in [0.29, 0.717) is 13.1 Å². The number of amides is 2. The molecule has 0 aromatic heterocycles. The van der Waals surface area contributed by atoms with Gasteiger partial charge in [0.15, 0.2) is 0 Å². The van der Waals surface area contributed by atoms with Gasteiger partial charge in [0.25, 0.3) is 0 Å². The second-order valence-corrected chi connectivity index (χ2v) is 6.69. The van der Waals surface area contributed by atoms with Gasteiger partial charge >= 0.3 is 0 Å². The summed E-state index contributed by atoms with van der Waals surface area (Å²) in [5.41, 5.74) is 7.45. The molecule has 5 nitrogen and oxygen atoms in total. The molecule has 2 amide bonds. The van der Waals surface area contributed by atoms with E-state index in [9.17, 15) is 9.59 Å². The molecule has 5 heteroatoms. The van der Waals surface area contributed by atoms with E-state index in [1.807, 2.05) is 54.6 Å². The van der Waals surface area contributed by atoms with Crippen molar-refractivity contribution in [3.05, 3.63) is 65.7 Å². The van der Waals surface area contributed by atoms with Crippen molar-refractivity contribution in [3.63, 3.8) is 0 Å². The molecule has 1 aliphatic carbocycles. The van der Waals surface area contributed by atoms with E-state index < -0.39 is 5.91 Å². The number of carbonyl (C=O) groups excluding carboxylic acids is 2. The van der Waals surface area contributed by atoms with E-state index in [1.165, 1.54) is 0 Å². The number of hydrogen-bond donors (Lipinski definition) is 1. The van der Waals surface area contributed by atoms with Gasteiger partial charge in [0.2, 0.25) is 11.8 Å². The maximum absolute atomic E-state index is 13.0. The van der Waals surface area contributed by atoms with Crippen molar-refractivity contribution in [2.24, 2.45) is 11.7 Å². The lowest BCUT2D eigenvalue weighted by atomic mass is 10.1. The van der Waals surface area contributed by atoms with Gasteiger partial charge in [0, 0.05) is 25.4 Å². The van der Waals surface area contributed by atoms with Crippen LogP contribution in [0.1, 0.15) is 29.9 Å². The van der Waals surface area contributed by atoms with E-state index in [2.05, 4.69) is 0 Å². The van der Waals surface area contributed by atoms with Crippen molar-refractivity contribution < 1.29 is 14.3 Å². The summed E-state index contributed by atoms with van der Waals surface area (Å²) < 4.78 is 5.27. The number of methoxy groups -OCH3 is 1. The van der Waals surface area contributed by atoms with Gasteiger partial charge in [-0.3, -0.25) is 9.59 Å². The molecule has 26 heavy (non-hydrogen) atoms. The molecular weight excluding hydrogens is 328 g/mol. The lowest BCUT2D eigenvalue weighted by molar-refractivity contribution is -0.133. The zero-order chi connectivity index (χ0) is 18.5. The van der Waals surface area contributed by atoms with Crippen LogP contribution >= 0.6 is 0 Å². The molecule has 1 aliphatic rings. The van der Waals surface area contributed by atoms with Crippen LogP contribution in [0.3, 0.4) is 0 Å². The number of rotatable bonds is 8. The fourth-order valence-corrected chi connectivity index (χ4v) is 3.26. The first-order chi connectivity index (χ1) is 12.6. The molecule has 1 fully saturated rings. The zero-order valence-electron chi connectivity index (χ0n) is 14.9. The molecule has 2 aromatic carbocycles. The Kier molecular flexibility index (Phi) is 5.56. The Morgan fingerprint density at radius 1 is 1.15 bits per heavy atom. The first-order valence-electron chi connectivity index (χ1n) is 8.83. The fraction of sp³-hybridized carbons (Fsp3) is 0.333. The minimum Gasteiger partial charge on any atom is -0.497 e. The van der Waals surface area contributed by atoms with Crippen molar-refractivity contribution in [2.45, 2.75) is 25.3 Å². The summed E-state index contributed by atoms with van der Waals surface area (Å²) in [5.74, 6) is 0.664. The van der Waals surface area contributed by atoms with Crippen LogP contribution in [0.4, 0.5) is 0 Å². The van der Waals surface area contributed by atoms with Crippen LogP contribution < -0.4 is 10.5 Å². The largest absolute Gasteiger partial charge is 0.497 e. The number of primary amides is 1. The SMILES string of the molecule is COc1cccc(C2CC2C(=O)N(CCC(N)=O)Cc2ccccc2)c1. The van der Waals surface area contributed by atoms with Gasteiger partial charge in [-0.2, -0.15) is 0 Å². The van der Waals surface area contributed by atoms with Crippen LogP contribution in [0.5, 0.6) is 5.75 Å². The van der Waals surface area contributed by atoms with Crippen molar-refractivity contribution in [3.8, 4) is 5.75 Å². The average Bonchev–Trinajstić information content (AvgIpc) is 3.46. The van der Waals surface area contributed by atoms with Gasteiger partial charge in [-0.15, -0.1) is 0 Å². The summed E-state index contributed by atoms with van der Waals surface area (Å²) in [6.45, 7) is 0.846. The number of benzene rings is 2. The van der Waals surface area contributed by atoms with Crippen LogP contribution in [-0.2, 0) is 16.1 Å². The highest BCUT2D eigenvalue weighted by Crippen LogP contribution is 2.49. The molecular formula is C21H24N2O3. The smallest absolute Gasteiger partial charge is 0.226 e. The van der Waals surface area contributed by atoms with E-state index in [-0.39, 0.29) is 24.2 Å². The third kappa shape index (κ3) is 4.42. The van der Waals surface area contributed by atoms with Crippen molar-refractivity contribution >= 4 is 11.8 Å². The highest BCUT2D eigenvalue weighted by atomic mass is 16.5. The Morgan fingerprint density at radius 3 is 2.62 bits per heavy atom. The first kappa shape index (κ1) is 18.0. The van der Waals surface area contributed by atoms with Gasteiger partial charge in [-0.1, -0.05) is 42.5 Å². The zero-order valence-corrected chi connectivity index (χ0v) is 14.9. The number of nitrogens with two attached hydrogens (primary N) is 1. The summed E-state index contributed by atoms with van der Waals surface area (Å²) in [4.78, 5) is 25.9. The molecule has 136 valence electrons. The number of carbonyl (C=O) groups is 2. The van der Waals surface area contributed by atoms with E-state index >= 15 is 0 Å². The Labute approximate surface area is 153 Å². The van der Waals surface area contributed by atoms with Gasteiger partial charge in [0.1, 0.15) is 5.75 Å². The molecule has 2 unspecified atom stereocenters. The summed E-state index contributed by atoms with van der Waals surface area (Å²) in [6.07, 6.45) is 1.00. The molecule has 0 saturated heterocycles. The standard InChI is InChI=1S/C21H24N2O3/c1-26-17-9-5-8-16(12-17)18-13-19(18)21(25)23(11-10-20(22)24)14-15-6-3-2-4-7-15/h2-9,12,18-19H,10-11,13-14H2,1H3,(H2,22,24). The monoisotopic (exact) mass is 352 g/mol. The highest BCUT2D eigenvalue weighted by Gasteiger charge is 2.45. The first-order valence-corrected chi connectivity index (χ1v) is 8.83. The molecule has 2 atom stereocenters. The summed E-state index contributed by atoms with van der Waals surface area (Å²) in [7, 11) is 1.64. The average molecular weight is 352 g/mol. The quantitative estimate of drug-likeness (QED) is 0.794.